The van der Waals surface area contributed by atoms with Crippen molar-refractivity contribution in [2.24, 2.45) is 0 Å². The van der Waals surface area contributed by atoms with Gasteiger partial charge >= 0.3 is 51.2 Å². The second kappa shape index (κ2) is 29.3. The number of hydrogen-bond donors (Lipinski definition) is 0. The van der Waals surface area contributed by atoms with Gasteiger partial charge in [-0.2, -0.15) is 0 Å². The van der Waals surface area contributed by atoms with E-state index in [2.05, 4.69) is 114 Å². The Morgan fingerprint density at radius 1 is 0.466 bits per heavy atom. The predicted molar refractivity (Wildman–Crippen MR) is 236 cm³/mol. The van der Waals surface area contributed by atoms with Crippen LogP contribution >= 0.6 is 46.4 Å². The Morgan fingerprint density at radius 3 is 1.41 bits per heavy atom. The van der Waals surface area contributed by atoms with Crippen LogP contribution in [0.4, 0.5) is 0 Å². The van der Waals surface area contributed by atoms with Gasteiger partial charge in [-0.1, -0.05) is 120 Å². The molecular formula is C43H70Cl4Mn3N8+6. The van der Waals surface area contributed by atoms with Gasteiger partial charge in [-0.3, -0.25) is 19.6 Å². The summed E-state index contributed by atoms with van der Waals surface area (Å²) in [6, 6.07) is 21.5. The van der Waals surface area contributed by atoms with Crippen LogP contribution in [-0.2, 0) is 64.3 Å². The maximum Gasteiger partial charge on any atom is 2.00 e. The van der Waals surface area contributed by atoms with Crippen molar-refractivity contribution in [3.8, 4) is 0 Å². The number of alkyl halides is 4. The first-order chi connectivity index (χ1) is 26.6. The van der Waals surface area contributed by atoms with Crippen molar-refractivity contribution >= 4 is 46.4 Å². The zero-order valence-corrected chi connectivity index (χ0v) is 41.7. The summed E-state index contributed by atoms with van der Waals surface area (Å²) in [6.07, 6.45) is 6.51. The average Bonchev–Trinajstić information content (AvgIpc) is 3.18. The van der Waals surface area contributed by atoms with Crippen molar-refractivity contribution in [3.05, 3.63) is 71.8 Å². The smallest absolute Gasteiger partial charge is 0.305 e. The molecule has 4 aliphatic heterocycles. The van der Waals surface area contributed by atoms with Crippen molar-refractivity contribution in [1.29, 1.82) is 0 Å². The molecule has 325 valence electrons. The summed E-state index contributed by atoms with van der Waals surface area (Å²) in [5, 5.41) is 0. The monoisotopic (exact) mass is 1000 g/mol. The molecule has 2 aromatic carbocycles. The van der Waals surface area contributed by atoms with Crippen molar-refractivity contribution in [1.82, 2.24) is 39.2 Å². The molecule has 8 nitrogen and oxygen atoms in total. The van der Waals surface area contributed by atoms with Gasteiger partial charge in [0.25, 0.3) is 0 Å². The molecule has 0 amide bonds. The third-order valence-corrected chi connectivity index (χ3v) is 13.7. The van der Waals surface area contributed by atoms with Gasteiger partial charge in [-0.05, 0) is 70.2 Å². The van der Waals surface area contributed by atoms with Crippen LogP contribution in [0.1, 0.15) is 56.6 Å². The molecule has 58 heavy (non-hydrogen) atoms. The van der Waals surface area contributed by atoms with Crippen molar-refractivity contribution in [2.75, 3.05) is 131 Å². The van der Waals surface area contributed by atoms with E-state index in [0.717, 1.165) is 137 Å². The van der Waals surface area contributed by atoms with Crippen LogP contribution in [-0.4, -0.2) is 180 Å². The zero-order valence-electron chi connectivity index (χ0n) is 35.1. The van der Waals surface area contributed by atoms with E-state index in [-0.39, 0.29) is 51.2 Å². The SMILES string of the molecule is CCCCN1CCN2CCCN(C)CCN(CC2)C(Cl)(Cl)CC1.ClC1(Cl)CCN(Cc2ccccc2)CCN2CCCN(Cc3ccccc3)CCN1CC2.[Mn+2].[Mn+2].[Mn+2]. The molecule has 4 fully saturated rings. The number of hydrogen-bond acceptors (Lipinski definition) is 8. The normalized spacial score (nSPS) is 26.9. The molecule has 4 unspecified atom stereocenters. The summed E-state index contributed by atoms with van der Waals surface area (Å²) >= 11 is 27.5. The van der Waals surface area contributed by atoms with E-state index in [9.17, 15) is 0 Å². The molecule has 15 heteroatoms. The van der Waals surface area contributed by atoms with Crippen molar-refractivity contribution in [3.63, 3.8) is 0 Å². The number of likely N-dealkylation sites (N-methyl/N-ethyl adjacent to an activating group) is 1. The zero-order chi connectivity index (χ0) is 38.9. The molecule has 4 heterocycles. The minimum atomic E-state index is -0.838. The summed E-state index contributed by atoms with van der Waals surface area (Å²) < 4.78 is -1.58. The number of rotatable bonds is 7. The van der Waals surface area contributed by atoms with E-state index in [0.29, 0.717) is 0 Å². The van der Waals surface area contributed by atoms with Crippen LogP contribution in [0.25, 0.3) is 0 Å². The molecule has 4 bridgehead atoms. The maximum atomic E-state index is 6.99. The fourth-order valence-corrected chi connectivity index (χ4v) is 9.24. The van der Waals surface area contributed by atoms with Crippen molar-refractivity contribution < 1.29 is 51.2 Å². The Hall–Kier alpha value is 0.838. The predicted octanol–water partition coefficient (Wildman–Crippen LogP) is 7.09. The summed E-state index contributed by atoms with van der Waals surface area (Å²) in [5.74, 6) is 0. The van der Waals surface area contributed by atoms with E-state index in [1.54, 1.807) is 0 Å². The van der Waals surface area contributed by atoms with Gasteiger partial charge in [0.2, 0.25) is 0 Å². The molecule has 4 atom stereocenters. The van der Waals surface area contributed by atoms with Gasteiger partial charge in [0, 0.05) is 118 Å². The Balaban J connectivity index is 0.000000400. The molecule has 0 aliphatic carbocycles. The van der Waals surface area contributed by atoms with Crippen LogP contribution in [0.15, 0.2) is 60.7 Å². The van der Waals surface area contributed by atoms with E-state index in [4.69, 9.17) is 46.4 Å². The first-order valence-electron chi connectivity index (χ1n) is 21.2. The van der Waals surface area contributed by atoms with E-state index < -0.39 is 8.91 Å². The second-order valence-electron chi connectivity index (χ2n) is 16.2. The van der Waals surface area contributed by atoms with Gasteiger partial charge in [-0.25, -0.2) is 0 Å². The van der Waals surface area contributed by atoms with Gasteiger partial charge in [0.05, 0.1) is 0 Å². The largest absolute Gasteiger partial charge is 2.00 e. The molecule has 0 aromatic heterocycles. The standard InChI is InChI=1S/C26H36Cl2N4.C17H34Cl2N4.3Mn/c27-26(28)12-15-31(23-25-10-5-2-6-11-25)17-16-29-13-7-14-30(19-21-32(26)20-18-29)22-24-8-3-1-4-9-24;1-3-4-8-21-10-6-17(18,19)23-15-11-20(2)7-5-9-22(13-12-21)14-16-23;;;/h1-6,8-11H,7,12-23H2;3-16H2,1-2H3;;;/q;;3*+2. The molecule has 0 saturated carbocycles. The first-order valence-corrected chi connectivity index (χ1v) is 22.7. The fourth-order valence-electron chi connectivity index (χ4n) is 8.23. The van der Waals surface area contributed by atoms with E-state index in [1.165, 1.54) is 49.9 Å². The summed E-state index contributed by atoms with van der Waals surface area (Å²) in [4.78, 5) is 19.8. The second-order valence-corrected chi connectivity index (χ2v) is 19.1. The van der Waals surface area contributed by atoms with Crippen molar-refractivity contribution in [2.45, 2.75) is 67.5 Å². The maximum absolute atomic E-state index is 6.99. The Labute approximate surface area is 404 Å². The van der Waals surface area contributed by atoms with Crippen LogP contribution in [0.2, 0.25) is 0 Å². The number of nitrogens with zero attached hydrogens (tertiary/aromatic N) is 8. The van der Waals surface area contributed by atoms with E-state index in [1.807, 2.05) is 0 Å². The third kappa shape index (κ3) is 19.7. The molecule has 0 N–H and O–H groups in total. The Morgan fingerprint density at radius 2 is 0.879 bits per heavy atom. The molecule has 6 rings (SSSR count). The van der Waals surface area contributed by atoms with Crippen LogP contribution in [0.3, 0.4) is 0 Å². The summed E-state index contributed by atoms with van der Waals surface area (Å²) in [5.41, 5.74) is 2.72. The summed E-state index contributed by atoms with van der Waals surface area (Å²) in [6.45, 7) is 24.1. The van der Waals surface area contributed by atoms with Crippen LogP contribution in [0, 0.1) is 0 Å². The topological polar surface area (TPSA) is 25.9 Å². The number of halogens is 4. The first kappa shape index (κ1) is 55.0. The van der Waals surface area contributed by atoms with Gasteiger partial charge in [0.1, 0.15) is 0 Å². The minimum absolute atomic E-state index is 0. The van der Waals surface area contributed by atoms with Crippen LogP contribution in [0.5, 0.6) is 0 Å². The number of unbranched alkanes of at least 4 members (excludes halogenated alkanes) is 1. The number of fused-ring (bicyclic) bond motifs is 6. The van der Waals surface area contributed by atoms with Gasteiger partial charge < -0.3 is 19.6 Å². The minimum Gasteiger partial charge on any atom is -0.305 e. The Bertz CT molecular complexity index is 1340. The Kier molecular flexibility index (Phi) is 27.8. The molecule has 4 aliphatic rings. The molecule has 2 aromatic rings. The molecule has 0 spiro atoms. The summed E-state index contributed by atoms with van der Waals surface area (Å²) in [7, 11) is 2.20. The van der Waals surface area contributed by atoms with Crippen LogP contribution < -0.4 is 0 Å². The van der Waals surface area contributed by atoms with Gasteiger partial charge in [-0.15, -0.1) is 0 Å². The fraction of sp³-hybridized carbons (Fsp3) is 0.721. The molecular weight excluding hydrogens is 935 g/mol. The quantitative estimate of drug-likeness (QED) is 0.165. The average molecular weight is 1010 g/mol. The third-order valence-electron chi connectivity index (χ3n) is 11.9. The molecule has 4 saturated heterocycles. The number of benzene rings is 2. The van der Waals surface area contributed by atoms with E-state index >= 15 is 0 Å². The molecule has 3 radical (unpaired) electrons. The van der Waals surface area contributed by atoms with Gasteiger partial charge in [0.15, 0.2) is 8.91 Å².